The molecule has 0 bridgehead atoms. The van der Waals surface area contributed by atoms with Crippen molar-refractivity contribution in [1.82, 2.24) is 15.0 Å². The molecular formula is C20H17F4N5O4S2. The van der Waals surface area contributed by atoms with Gasteiger partial charge in [-0.15, -0.1) is 11.3 Å². The molecule has 1 amide bonds. The van der Waals surface area contributed by atoms with Crippen LogP contribution in [0.2, 0.25) is 0 Å². The number of ether oxygens (including phenoxy) is 1. The van der Waals surface area contributed by atoms with E-state index in [9.17, 15) is 30.8 Å². The maximum Gasteiger partial charge on any atom is 0.434 e. The van der Waals surface area contributed by atoms with Gasteiger partial charge in [-0.1, -0.05) is 6.07 Å². The minimum absolute atomic E-state index is 0.0227. The number of thiazole rings is 1. The Morgan fingerprint density at radius 3 is 2.60 bits per heavy atom. The average molecular weight is 532 g/mol. The topological polar surface area (TPSA) is 123 Å². The van der Waals surface area contributed by atoms with E-state index < -0.39 is 45.0 Å². The third-order valence-electron chi connectivity index (χ3n) is 4.90. The predicted octanol–water partition coefficient (Wildman–Crippen LogP) is 3.99. The molecule has 1 aliphatic carbocycles. The first-order valence-corrected chi connectivity index (χ1v) is 12.4. The minimum atomic E-state index is -4.71. The van der Waals surface area contributed by atoms with Crippen molar-refractivity contribution in [1.29, 1.82) is 0 Å². The molecule has 1 unspecified atom stereocenters. The molecule has 4 rings (SSSR count). The predicted molar refractivity (Wildman–Crippen MR) is 118 cm³/mol. The van der Waals surface area contributed by atoms with Crippen molar-refractivity contribution in [3.8, 4) is 11.3 Å². The van der Waals surface area contributed by atoms with E-state index in [2.05, 4.69) is 25.0 Å². The minimum Gasteiger partial charge on any atom is -0.365 e. The number of nitrogens with zero attached hydrogens (tertiary/aromatic N) is 3. The zero-order valence-electron chi connectivity index (χ0n) is 17.8. The Bertz CT molecular complexity index is 1360. The number of hydrogen-bond donors (Lipinski definition) is 2. The van der Waals surface area contributed by atoms with Crippen LogP contribution in [0.25, 0.3) is 11.3 Å². The van der Waals surface area contributed by atoms with Gasteiger partial charge in [-0.3, -0.25) is 14.5 Å². The van der Waals surface area contributed by atoms with Crippen LogP contribution in [0.4, 0.5) is 28.4 Å². The third kappa shape index (κ3) is 5.74. The zero-order chi connectivity index (χ0) is 25.4. The van der Waals surface area contributed by atoms with Crippen molar-refractivity contribution >= 4 is 38.1 Å². The van der Waals surface area contributed by atoms with Crippen LogP contribution in [0.1, 0.15) is 30.3 Å². The lowest BCUT2D eigenvalue weighted by Crippen LogP contribution is -2.23. The molecule has 0 spiro atoms. The van der Waals surface area contributed by atoms with Crippen molar-refractivity contribution in [2.45, 2.75) is 30.4 Å². The summed E-state index contributed by atoms with van der Waals surface area (Å²) in [6.45, 7) is 0. The fraction of sp³-hybridized carbons (Fsp3) is 0.300. The summed E-state index contributed by atoms with van der Waals surface area (Å²) in [6.07, 6.45) is -3.24. The summed E-state index contributed by atoms with van der Waals surface area (Å²) in [5.41, 5.74) is -1.55. The van der Waals surface area contributed by atoms with Crippen molar-refractivity contribution in [3.63, 3.8) is 0 Å². The fourth-order valence-electron chi connectivity index (χ4n) is 3.01. The number of halogens is 4. The second-order valence-electron chi connectivity index (χ2n) is 7.51. The molecular weight excluding hydrogens is 514 g/mol. The number of carbonyl (C=O) groups is 1. The van der Waals surface area contributed by atoms with Crippen molar-refractivity contribution in [2.24, 2.45) is 0 Å². The van der Waals surface area contributed by atoms with Crippen molar-refractivity contribution in [2.75, 3.05) is 17.1 Å². The fourth-order valence-corrected chi connectivity index (χ4v) is 5.33. The standard InChI is InChI=1S/C20H17F4N5O4S2/c1-33-17(15-9-34-19(28-15)29-35(31,32)11-3-4-11)18(30)27-13-5-2-10(6-12(13)21)14-7-25-8-16(26-14)20(22,23)24/h2,5-9,11,17H,3-4H2,1H3,(H,27,30)(H,28,29). The highest BCUT2D eigenvalue weighted by atomic mass is 32.2. The number of anilines is 2. The van der Waals surface area contributed by atoms with Gasteiger partial charge >= 0.3 is 6.18 Å². The number of aromatic nitrogens is 3. The highest BCUT2D eigenvalue weighted by molar-refractivity contribution is 7.93. The lowest BCUT2D eigenvalue weighted by Gasteiger charge is -2.14. The summed E-state index contributed by atoms with van der Waals surface area (Å²) in [5, 5.41) is 3.38. The maximum atomic E-state index is 14.7. The first kappa shape index (κ1) is 24.9. The van der Waals surface area contributed by atoms with Gasteiger partial charge in [0.1, 0.15) is 5.82 Å². The van der Waals surface area contributed by atoms with E-state index in [0.29, 0.717) is 19.0 Å². The first-order chi connectivity index (χ1) is 16.5. The Morgan fingerprint density at radius 2 is 1.97 bits per heavy atom. The van der Waals surface area contributed by atoms with Crippen LogP contribution in [0.3, 0.4) is 0 Å². The van der Waals surface area contributed by atoms with Crippen LogP contribution < -0.4 is 10.0 Å². The first-order valence-electron chi connectivity index (χ1n) is 9.98. The van der Waals surface area contributed by atoms with Gasteiger partial charge in [-0.05, 0) is 25.0 Å². The van der Waals surface area contributed by atoms with Crippen LogP contribution in [0, 0.1) is 5.82 Å². The lowest BCUT2D eigenvalue weighted by atomic mass is 10.1. The highest BCUT2D eigenvalue weighted by Gasteiger charge is 2.36. The molecule has 2 N–H and O–H groups in total. The molecule has 2 heterocycles. The van der Waals surface area contributed by atoms with Crippen molar-refractivity contribution < 1.29 is 35.5 Å². The Kier molecular flexibility index (Phi) is 6.75. The summed E-state index contributed by atoms with van der Waals surface area (Å²) >= 11 is 0.966. The van der Waals surface area contributed by atoms with Gasteiger partial charge in [0.2, 0.25) is 10.0 Å². The van der Waals surface area contributed by atoms with Crippen LogP contribution in [0.15, 0.2) is 36.0 Å². The maximum absolute atomic E-state index is 14.7. The monoisotopic (exact) mass is 531 g/mol. The van der Waals surface area contributed by atoms with E-state index in [0.717, 1.165) is 29.7 Å². The van der Waals surface area contributed by atoms with Gasteiger partial charge in [-0.25, -0.2) is 22.8 Å². The van der Waals surface area contributed by atoms with Gasteiger partial charge in [0.25, 0.3) is 5.91 Å². The van der Waals surface area contributed by atoms with E-state index >= 15 is 0 Å². The smallest absolute Gasteiger partial charge is 0.365 e. The normalized spacial score (nSPS) is 15.0. The van der Waals surface area contributed by atoms with E-state index in [1.165, 1.54) is 18.6 Å². The average Bonchev–Trinajstić information content (AvgIpc) is 3.57. The molecule has 0 aliphatic heterocycles. The van der Waals surface area contributed by atoms with Gasteiger partial charge in [0, 0.05) is 18.1 Å². The molecule has 3 aromatic rings. The quantitative estimate of drug-likeness (QED) is 0.422. The largest absolute Gasteiger partial charge is 0.434 e. The molecule has 186 valence electrons. The second kappa shape index (κ2) is 9.47. The summed E-state index contributed by atoms with van der Waals surface area (Å²) in [5.74, 6) is -1.72. The molecule has 0 saturated heterocycles. The number of nitrogens with one attached hydrogen (secondary N) is 2. The molecule has 9 nitrogen and oxygen atoms in total. The number of hydrogen-bond acceptors (Lipinski definition) is 8. The van der Waals surface area contributed by atoms with Crippen molar-refractivity contribution in [3.05, 3.63) is 53.2 Å². The van der Waals surface area contributed by atoms with Gasteiger partial charge in [0.05, 0.1) is 34.7 Å². The molecule has 0 radical (unpaired) electrons. The zero-order valence-corrected chi connectivity index (χ0v) is 19.5. The van der Waals surface area contributed by atoms with Gasteiger partial charge in [0.15, 0.2) is 16.9 Å². The molecule has 1 aliphatic rings. The number of amides is 1. The number of sulfonamides is 1. The van der Waals surface area contributed by atoms with Crippen LogP contribution in [-0.2, 0) is 25.7 Å². The number of alkyl halides is 3. The second-order valence-corrected chi connectivity index (χ2v) is 10.3. The number of carbonyl (C=O) groups excluding carboxylic acids is 1. The van der Waals surface area contributed by atoms with E-state index in [-0.39, 0.29) is 27.8 Å². The van der Waals surface area contributed by atoms with Crippen LogP contribution in [-0.4, -0.2) is 41.6 Å². The summed E-state index contributed by atoms with van der Waals surface area (Å²) in [4.78, 5) is 23.7. The number of methoxy groups -OCH3 is 1. The Hall–Kier alpha value is -3.17. The van der Waals surface area contributed by atoms with Crippen LogP contribution >= 0.6 is 11.3 Å². The van der Waals surface area contributed by atoms with Crippen LogP contribution in [0.5, 0.6) is 0 Å². The summed E-state index contributed by atoms with van der Waals surface area (Å²) in [7, 11) is -2.31. The van der Waals surface area contributed by atoms with Gasteiger partial charge in [-0.2, -0.15) is 13.2 Å². The third-order valence-corrected chi connectivity index (χ3v) is 7.64. The number of rotatable bonds is 8. The molecule has 1 aromatic carbocycles. The van der Waals surface area contributed by atoms with Gasteiger partial charge < -0.3 is 10.1 Å². The summed E-state index contributed by atoms with van der Waals surface area (Å²) in [6, 6.07) is 3.35. The highest BCUT2D eigenvalue weighted by Crippen LogP contribution is 2.32. The Morgan fingerprint density at radius 1 is 1.23 bits per heavy atom. The SMILES string of the molecule is COC(C(=O)Nc1ccc(-c2cncc(C(F)(F)F)n2)cc1F)c1csc(NS(=O)(=O)C2CC2)n1. The van der Waals surface area contributed by atoms with E-state index in [1.54, 1.807) is 0 Å². The Balaban J connectivity index is 1.48. The van der Waals surface area contributed by atoms with E-state index in [4.69, 9.17) is 4.74 Å². The molecule has 1 saturated carbocycles. The van der Waals surface area contributed by atoms with E-state index in [1.807, 2.05) is 0 Å². The molecule has 2 aromatic heterocycles. The molecule has 1 fully saturated rings. The number of benzene rings is 1. The molecule has 35 heavy (non-hydrogen) atoms. The Labute approximate surface area is 200 Å². The molecule has 1 atom stereocenters. The summed E-state index contributed by atoms with van der Waals surface area (Å²) < 4.78 is 84.9. The molecule has 15 heteroatoms. The lowest BCUT2D eigenvalue weighted by molar-refractivity contribution is -0.141.